The Morgan fingerprint density at radius 2 is 2.24 bits per heavy atom. The second-order valence-corrected chi connectivity index (χ2v) is 4.46. The van der Waals surface area contributed by atoms with Gasteiger partial charge in [-0.15, -0.1) is 11.8 Å². The van der Waals surface area contributed by atoms with E-state index in [1.807, 2.05) is 19.1 Å². The smallest absolute Gasteiger partial charge is 0.315 e. The molecule has 0 aromatic heterocycles. The molecule has 1 aromatic carbocycles. The molecule has 0 heterocycles. The topological polar surface area (TPSA) is 61.5 Å². The zero-order valence-corrected chi connectivity index (χ0v) is 10.9. The zero-order valence-electron chi connectivity index (χ0n) is 10.1. The van der Waals surface area contributed by atoms with E-state index in [1.54, 1.807) is 6.07 Å². The van der Waals surface area contributed by atoms with Crippen LogP contribution in [0.5, 0.6) is 5.75 Å². The van der Waals surface area contributed by atoms with Crippen molar-refractivity contribution in [2.24, 2.45) is 0 Å². The molecule has 5 heteroatoms. The van der Waals surface area contributed by atoms with Gasteiger partial charge in [-0.3, -0.25) is 4.79 Å². The summed E-state index contributed by atoms with van der Waals surface area (Å²) in [6, 6.07) is 5.49. The molecule has 0 saturated carbocycles. The maximum atomic E-state index is 11.0. The van der Waals surface area contributed by atoms with Gasteiger partial charge in [0.05, 0.1) is 25.2 Å². The molecule has 0 aliphatic heterocycles. The van der Waals surface area contributed by atoms with Crippen molar-refractivity contribution in [2.45, 2.75) is 18.2 Å². The highest BCUT2D eigenvalue weighted by Gasteiger charge is 2.05. The molecule has 1 rings (SSSR count). The van der Waals surface area contributed by atoms with E-state index in [1.165, 1.54) is 18.9 Å². The largest absolute Gasteiger partial charge is 0.491 e. The molecule has 94 valence electrons. The van der Waals surface area contributed by atoms with E-state index in [0.717, 1.165) is 11.3 Å². The van der Waals surface area contributed by atoms with Gasteiger partial charge < -0.3 is 15.2 Å². The van der Waals surface area contributed by atoms with Crippen LogP contribution in [0.1, 0.15) is 13.3 Å². The lowest BCUT2D eigenvalue weighted by Crippen LogP contribution is -2.03. The fourth-order valence-corrected chi connectivity index (χ4v) is 1.90. The van der Waals surface area contributed by atoms with E-state index >= 15 is 0 Å². The van der Waals surface area contributed by atoms with Crippen molar-refractivity contribution in [1.29, 1.82) is 0 Å². The summed E-state index contributed by atoms with van der Waals surface area (Å²) in [5, 5.41) is 0. The first kappa shape index (κ1) is 13.7. The summed E-state index contributed by atoms with van der Waals surface area (Å²) in [6.07, 6.45) is 0.930. The first-order valence-corrected chi connectivity index (χ1v) is 6.38. The number of methoxy groups -OCH3 is 1. The van der Waals surface area contributed by atoms with Crippen molar-refractivity contribution in [2.75, 3.05) is 25.2 Å². The highest BCUT2D eigenvalue weighted by molar-refractivity contribution is 8.00. The van der Waals surface area contributed by atoms with Crippen LogP contribution in [0.25, 0.3) is 0 Å². The molecule has 1 aromatic rings. The number of thioether (sulfide) groups is 1. The summed E-state index contributed by atoms with van der Waals surface area (Å²) in [5.41, 5.74) is 6.40. The van der Waals surface area contributed by atoms with Crippen LogP contribution < -0.4 is 10.5 Å². The summed E-state index contributed by atoms with van der Waals surface area (Å²) in [5.74, 6) is 0.706. The number of benzene rings is 1. The zero-order chi connectivity index (χ0) is 12.7. The highest BCUT2D eigenvalue weighted by atomic mass is 32.2. The molecule has 0 fully saturated rings. The summed E-state index contributed by atoms with van der Waals surface area (Å²) in [6.45, 7) is 2.67. The van der Waals surface area contributed by atoms with Crippen LogP contribution in [0.15, 0.2) is 23.1 Å². The third kappa shape index (κ3) is 4.56. The SMILES string of the molecule is CCCOc1cc(SCC(=O)OC)ccc1N. The molecule has 0 unspecified atom stereocenters. The Kier molecular flexibility index (Phi) is 5.69. The lowest BCUT2D eigenvalue weighted by molar-refractivity contribution is -0.137. The van der Waals surface area contributed by atoms with Crippen LogP contribution in [0.3, 0.4) is 0 Å². The number of rotatable bonds is 6. The van der Waals surface area contributed by atoms with Crippen LogP contribution in [0.2, 0.25) is 0 Å². The number of hydrogen-bond donors (Lipinski definition) is 1. The van der Waals surface area contributed by atoms with Gasteiger partial charge in [0.15, 0.2) is 0 Å². The number of nitrogens with two attached hydrogens (primary N) is 1. The molecule has 0 atom stereocenters. The van der Waals surface area contributed by atoms with E-state index in [0.29, 0.717) is 18.0 Å². The quantitative estimate of drug-likeness (QED) is 0.480. The molecular weight excluding hydrogens is 238 g/mol. The third-order valence-electron chi connectivity index (χ3n) is 2.03. The Bertz CT molecular complexity index is 382. The Morgan fingerprint density at radius 1 is 1.47 bits per heavy atom. The van der Waals surface area contributed by atoms with Crippen LogP contribution in [-0.2, 0) is 9.53 Å². The average molecular weight is 255 g/mol. The van der Waals surface area contributed by atoms with Gasteiger partial charge in [-0.25, -0.2) is 0 Å². The first-order valence-electron chi connectivity index (χ1n) is 5.39. The third-order valence-corrected chi connectivity index (χ3v) is 3.00. The molecule has 17 heavy (non-hydrogen) atoms. The van der Waals surface area contributed by atoms with Crippen LogP contribution in [0.4, 0.5) is 5.69 Å². The van der Waals surface area contributed by atoms with Crippen LogP contribution in [-0.4, -0.2) is 25.4 Å². The van der Waals surface area contributed by atoms with Gasteiger partial charge in [-0.2, -0.15) is 0 Å². The number of ether oxygens (including phenoxy) is 2. The van der Waals surface area contributed by atoms with Gasteiger partial charge in [0.25, 0.3) is 0 Å². The lowest BCUT2D eigenvalue weighted by atomic mass is 10.3. The maximum absolute atomic E-state index is 11.0. The minimum atomic E-state index is -0.247. The summed E-state index contributed by atoms with van der Waals surface area (Å²) < 4.78 is 10.1. The molecule has 0 amide bonds. The molecule has 0 aliphatic carbocycles. The number of carbonyl (C=O) groups is 1. The van der Waals surface area contributed by atoms with Crippen molar-refractivity contribution in [3.8, 4) is 5.75 Å². The molecule has 0 radical (unpaired) electrons. The Balaban J connectivity index is 2.64. The predicted molar refractivity (Wildman–Crippen MR) is 69.4 cm³/mol. The number of anilines is 1. The minimum Gasteiger partial charge on any atom is -0.491 e. The van der Waals surface area contributed by atoms with Gasteiger partial charge in [0, 0.05) is 4.90 Å². The summed E-state index contributed by atoms with van der Waals surface area (Å²) >= 11 is 1.40. The van der Waals surface area contributed by atoms with Gasteiger partial charge in [0.2, 0.25) is 0 Å². The van der Waals surface area contributed by atoms with Crippen LogP contribution in [0, 0.1) is 0 Å². The second-order valence-electron chi connectivity index (χ2n) is 3.41. The van der Waals surface area contributed by atoms with Crippen molar-refractivity contribution >= 4 is 23.4 Å². The van der Waals surface area contributed by atoms with Gasteiger partial charge >= 0.3 is 5.97 Å². The Labute approximate surface area is 105 Å². The molecule has 2 N–H and O–H groups in total. The molecule has 0 bridgehead atoms. The van der Waals surface area contributed by atoms with E-state index < -0.39 is 0 Å². The number of nitrogen functional groups attached to an aromatic ring is 1. The first-order chi connectivity index (χ1) is 8.17. The molecular formula is C12H17NO3S. The maximum Gasteiger partial charge on any atom is 0.315 e. The second kappa shape index (κ2) is 7.06. The number of carbonyl (C=O) groups excluding carboxylic acids is 1. The standard InChI is InChI=1S/C12H17NO3S/c1-3-6-16-11-7-9(4-5-10(11)13)17-8-12(14)15-2/h4-5,7H,3,6,8,13H2,1-2H3. The Morgan fingerprint density at radius 3 is 2.88 bits per heavy atom. The average Bonchev–Trinajstić information content (AvgIpc) is 2.35. The molecule has 0 spiro atoms. The number of hydrogen-bond acceptors (Lipinski definition) is 5. The van der Waals surface area contributed by atoms with E-state index in [-0.39, 0.29) is 11.7 Å². The van der Waals surface area contributed by atoms with E-state index in [9.17, 15) is 4.79 Å². The monoisotopic (exact) mass is 255 g/mol. The summed E-state index contributed by atoms with van der Waals surface area (Å²) in [7, 11) is 1.38. The van der Waals surface area contributed by atoms with Crippen molar-refractivity contribution in [1.82, 2.24) is 0 Å². The van der Waals surface area contributed by atoms with E-state index in [4.69, 9.17) is 10.5 Å². The van der Waals surface area contributed by atoms with Gasteiger partial charge in [-0.1, -0.05) is 6.92 Å². The summed E-state index contributed by atoms with van der Waals surface area (Å²) in [4.78, 5) is 12.0. The normalized spacial score (nSPS) is 10.0. The van der Waals surface area contributed by atoms with Gasteiger partial charge in [0.1, 0.15) is 5.75 Å². The Hall–Kier alpha value is -1.36. The lowest BCUT2D eigenvalue weighted by Gasteiger charge is -2.09. The molecule has 0 aliphatic rings. The van der Waals surface area contributed by atoms with Gasteiger partial charge in [-0.05, 0) is 24.6 Å². The molecule has 4 nitrogen and oxygen atoms in total. The van der Waals surface area contributed by atoms with Crippen LogP contribution >= 0.6 is 11.8 Å². The number of esters is 1. The fraction of sp³-hybridized carbons (Fsp3) is 0.417. The fourth-order valence-electron chi connectivity index (χ4n) is 1.14. The minimum absolute atomic E-state index is 0.247. The van der Waals surface area contributed by atoms with Crippen molar-refractivity contribution in [3.05, 3.63) is 18.2 Å². The molecule has 0 saturated heterocycles. The highest BCUT2D eigenvalue weighted by Crippen LogP contribution is 2.28. The van der Waals surface area contributed by atoms with Crippen molar-refractivity contribution in [3.63, 3.8) is 0 Å². The van der Waals surface area contributed by atoms with E-state index in [2.05, 4.69) is 4.74 Å². The van der Waals surface area contributed by atoms with Crippen molar-refractivity contribution < 1.29 is 14.3 Å². The predicted octanol–water partition coefficient (Wildman–Crippen LogP) is 2.32.